The van der Waals surface area contributed by atoms with E-state index >= 15 is 0 Å². The van der Waals surface area contributed by atoms with E-state index in [-0.39, 0.29) is 5.92 Å². The van der Waals surface area contributed by atoms with Crippen LogP contribution in [0.5, 0.6) is 0 Å². The highest BCUT2D eigenvalue weighted by Crippen LogP contribution is 2.34. The van der Waals surface area contributed by atoms with Gasteiger partial charge in [0, 0.05) is 45.8 Å². The minimum Gasteiger partial charge on any atom is -0.383 e. The number of rotatable bonds is 5. The summed E-state index contributed by atoms with van der Waals surface area (Å²) in [5.41, 5.74) is 0. The van der Waals surface area contributed by atoms with Gasteiger partial charge in [-0.2, -0.15) is 0 Å². The Kier molecular flexibility index (Phi) is 4.61. The molecule has 0 aromatic rings. The third-order valence-electron chi connectivity index (χ3n) is 5.41. The lowest BCUT2D eigenvalue weighted by molar-refractivity contribution is -0.131. The molecule has 1 saturated carbocycles. The SMILES string of the molecule is COCCN1CC2CN(CC3CCCCC3)CC2C1=O. The molecule has 4 heteroatoms. The van der Waals surface area contributed by atoms with E-state index < -0.39 is 0 Å². The number of fused-ring (bicyclic) bond motifs is 1. The van der Waals surface area contributed by atoms with E-state index in [1.54, 1.807) is 7.11 Å². The first-order valence-electron chi connectivity index (χ1n) is 8.28. The Labute approximate surface area is 122 Å². The van der Waals surface area contributed by atoms with Crippen LogP contribution in [0.4, 0.5) is 0 Å². The van der Waals surface area contributed by atoms with E-state index in [2.05, 4.69) is 4.90 Å². The molecule has 2 saturated heterocycles. The summed E-state index contributed by atoms with van der Waals surface area (Å²) in [6.45, 7) is 5.76. The number of hydrogen-bond donors (Lipinski definition) is 0. The highest BCUT2D eigenvalue weighted by molar-refractivity contribution is 5.82. The van der Waals surface area contributed by atoms with Crippen LogP contribution in [-0.2, 0) is 9.53 Å². The van der Waals surface area contributed by atoms with E-state index in [9.17, 15) is 4.79 Å². The van der Waals surface area contributed by atoms with Crippen molar-refractivity contribution in [3.63, 3.8) is 0 Å². The van der Waals surface area contributed by atoms with Gasteiger partial charge < -0.3 is 14.5 Å². The Morgan fingerprint density at radius 2 is 1.95 bits per heavy atom. The van der Waals surface area contributed by atoms with Crippen molar-refractivity contribution in [1.29, 1.82) is 0 Å². The maximum Gasteiger partial charge on any atom is 0.227 e. The maximum atomic E-state index is 12.4. The van der Waals surface area contributed by atoms with Gasteiger partial charge in [0.25, 0.3) is 0 Å². The van der Waals surface area contributed by atoms with Crippen LogP contribution in [0.1, 0.15) is 32.1 Å². The molecule has 0 radical (unpaired) electrons. The first-order chi connectivity index (χ1) is 9.78. The molecule has 2 aliphatic heterocycles. The summed E-state index contributed by atoms with van der Waals surface area (Å²) in [6.07, 6.45) is 7.05. The molecule has 4 nitrogen and oxygen atoms in total. The monoisotopic (exact) mass is 280 g/mol. The maximum absolute atomic E-state index is 12.4. The quantitative estimate of drug-likeness (QED) is 0.767. The van der Waals surface area contributed by atoms with Crippen molar-refractivity contribution in [2.45, 2.75) is 32.1 Å². The third-order valence-corrected chi connectivity index (χ3v) is 5.41. The Morgan fingerprint density at radius 3 is 2.65 bits per heavy atom. The molecule has 0 aromatic heterocycles. The van der Waals surface area contributed by atoms with Gasteiger partial charge in [0.1, 0.15) is 0 Å². The number of methoxy groups -OCH3 is 1. The standard InChI is InChI=1S/C16H28N2O2/c1-20-8-7-18-11-14-10-17(12-15(14)16(18)19)9-13-5-3-2-4-6-13/h13-15H,2-12H2,1H3. The van der Waals surface area contributed by atoms with Gasteiger partial charge in [-0.1, -0.05) is 19.3 Å². The van der Waals surface area contributed by atoms with Crippen LogP contribution in [0.25, 0.3) is 0 Å². The lowest BCUT2D eigenvalue weighted by atomic mass is 9.89. The van der Waals surface area contributed by atoms with Crippen molar-refractivity contribution in [2.24, 2.45) is 17.8 Å². The Morgan fingerprint density at radius 1 is 1.15 bits per heavy atom. The predicted octanol–water partition coefficient (Wildman–Crippen LogP) is 1.60. The van der Waals surface area contributed by atoms with Gasteiger partial charge >= 0.3 is 0 Å². The Balaban J connectivity index is 1.48. The fourth-order valence-corrected chi connectivity index (χ4v) is 4.32. The third kappa shape index (κ3) is 3.01. The molecule has 0 bridgehead atoms. The number of amides is 1. The van der Waals surface area contributed by atoms with Crippen molar-refractivity contribution in [2.75, 3.05) is 46.4 Å². The van der Waals surface area contributed by atoms with Gasteiger partial charge in [-0.3, -0.25) is 4.79 Å². The molecule has 2 unspecified atom stereocenters. The van der Waals surface area contributed by atoms with Gasteiger partial charge in [-0.05, 0) is 18.8 Å². The molecular formula is C16H28N2O2. The van der Waals surface area contributed by atoms with E-state index in [0.29, 0.717) is 18.4 Å². The van der Waals surface area contributed by atoms with Crippen LogP contribution in [-0.4, -0.2) is 62.1 Å². The zero-order chi connectivity index (χ0) is 13.9. The smallest absolute Gasteiger partial charge is 0.227 e. The molecule has 0 N–H and O–H groups in total. The van der Waals surface area contributed by atoms with Crippen LogP contribution in [0, 0.1) is 17.8 Å². The van der Waals surface area contributed by atoms with Crippen LogP contribution < -0.4 is 0 Å². The summed E-state index contributed by atoms with van der Waals surface area (Å²) in [4.78, 5) is 17.0. The summed E-state index contributed by atoms with van der Waals surface area (Å²) in [7, 11) is 1.70. The molecule has 0 aromatic carbocycles. The van der Waals surface area contributed by atoms with E-state index in [1.807, 2.05) is 4.90 Å². The molecule has 1 amide bonds. The number of carbonyl (C=O) groups excluding carboxylic acids is 1. The highest BCUT2D eigenvalue weighted by atomic mass is 16.5. The van der Waals surface area contributed by atoms with Crippen LogP contribution in [0.2, 0.25) is 0 Å². The summed E-state index contributed by atoms with van der Waals surface area (Å²) in [5.74, 6) is 2.11. The molecule has 2 heterocycles. The molecule has 3 rings (SSSR count). The number of ether oxygens (including phenoxy) is 1. The molecule has 3 aliphatic rings. The number of nitrogens with zero attached hydrogens (tertiary/aromatic N) is 2. The normalized spacial score (nSPS) is 32.0. The Hall–Kier alpha value is -0.610. The molecule has 0 spiro atoms. The molecule has 114 valence electrons. The van der Waals surface area contributed by atoms with Gasteiger partial charge in [0.2, 0.25) is 5.91 Å². The van der Waals surface area contributed by atoms with Crippen molar-refractivity contribution < 1.29 is 9.53 Å². The Bertz CT molecular complexity index is 341. The topological polar surface area (TPSA) is 32.8 Å². The number of hydrogen-bond acceptors (Lipinski definition) is 3. The fraction of sp³-hybridized carbons (Fsp3) is 0.938. The van der Waals surface area contributed by atoms with Crippen molar-refractivity contribution in [3.8, 4) is 0 Å². The summed E-state index contributed by atoms with van der Waals surface area (Å²) < 4.78 is 5.09. The lowest BCUT2D eigenvalue weighted by Gasteiger charge is -2.28. The molecule has 2 atom stereocenters. The second-order valence-corrected chi connectivity index (χ2v) is 6.87. The average molecular weight is 280 g/mol. The summed E-state index contributed by atoms with van der Waals surface area (Å²) in [5, 5.41) is 0. The second-order valence-electron chi connectivity index (χ2n) is 6.87. The van der Waals surface area contributed by atoms with E-state index in [0.717, 1.165) is 32.1 Å². The molecule has 3 fully saturated rings. The van der Waals surface area contributed by atoms with Crippen LogP contribution in [0.15, 0.2) is 0 Å². The van der Waals surface area contributed by atoms with Gasteiger partial charge in [-0.15, -0.1) is 0 Å². The van der Waals surface area contributed by atoms with Crippen molar-refractivity contribution in [3.05, 3.63) is 0 Å². The molecular weight excluding hydrogens is 252 g/mol. The minimum absolute atomic E-state index is 0.274. The van der Waals surface area contributed by atoms with E-state index in [4.69, 9.17) is 4.74 Å². The number of likely N-dealkylation sites (tertiary alicyclic amines) is 2. The van der Waals surface area contributed by atoms with E-state index in [1.165, 1.54) is 38.6 Å². The average Bonchev–Trinajstić information content (AvgIpc) is 2.97. The zero-order valence-corrected chi connectivity index (χ0v) is 12.7. The zero-order valence-electron chi connectivity index (χ0n) is 12.7. The van der Waals surface area contributed by atoms with Gasteiger partial charge in [0.15, 0.2) is 0 Å². The second kappa shape index (κ2) is 6.44. The lowest BCUT2D eigenvalue weighted by Crippen LogP contribution is -2.36. The predicted molar refractivity (Wildman–Crippen MR) is 78.5 cm³/mol. The first kappa shape index (κ1) is 14.3. The molecule has 1 aliphatic carbocycles. The first-order valence-corrected chi connectivity index (χ1v) is 8.28. The van der Waals surface area contributed by atoms with Crippen LogP contribution in [0.3, 0.4) is 0 Å². The van der Waals surface area contributed by atoms with Gasteiger partial charge in [0.05, 0.1) is 12.5 Å². The minimum atomic E-state index is 0.274. The summed E-state index contributed by atoms with van der Waals surface area (Å²) in [6, 6.07) is 0. The number of carbonyl (C=O) groups is 1. The van der Waals surface area contributed by atoms with Crippen molar-refractivity contribution >= 4 is 5.91 Å². The van der Waals surface area contributed by atoms with Crippen LogP contribution >= 0.6 is 0 Å². The largest absolute Gasteiger partial charge is 0.383 e. The van der Waals surface area contributed by atoms with Crippen molar-refractivity contribution in [1.82, 2.24) is 9.80 Å². The fourth-order valence-electron chi connectivity index (χ4n) is 4.32. The molecule has 20 heavy (non-hydrogen) atoms. The summed E-state index contributed by atoms with van der Waals surface area (Å²) >= 11 is 0. The van der Waals surface area contributed by atoms with Gasteiger partial charge in [-0.25, -0.2) is 0 Å². The highest BCUT2D eigenvalue weighted by Gasteiger charge is 2.45.